The molecular weight excluding hydrogens is 207 g/mol. The summed E-state index contributed by atoms with van der Waals surface area (Å²) in [6, 6.07) is 0.163. The summed E-state index contributed by atoms with van der Waals surface area (Å²) in [5, 5.41) is 3.62. The van der Waals surface area contributed by atoms with Crippen LogP contribution in [0.4, 0.5) is 4.79 Å². The summed E-state index contributed by atoms with van der Waals surface area (Å²) in [6.45, 7) is 2.43. The van der Waals surface area contributed by atoms with E-state index in [0.29, 0.717) is 6.61 Å². The molecule has 4 heteroatoms. The van der Waals surface area contributed by atoms with Crippen molar-refractivity contribution in [1.29, 1.82) is 0 Å². The average molecular weight is 215 g/mol. The Morgan fingerprint density at radius 2 is 2.44 bits per heavy atom. The standard InChI is InChI=1S/C5H9NO2.Ru/c1-4-2-3-8-5(7)6-4;/h4H,2-3H2,1H3,(H,6,7);/q;+2/p-1. The zero-order valence-corrected chi connectivity index (χ0v) is 6.85. The first kappa shape index (κ1) is 8.89. The van der Waals surface area contributed by atoms with Crippen molar-refractivity contribution in [2.75, 3.05) is 6.61 Å². The van der Waals surface area contributed by atoms with Gasteiger partial charge in [0.05, 0.1) is 6.61 Å². The molecule has 0 N–H and O–H groups in total. The van der Waals surface area contributed by atoms with Crippen molar-refractivity contribution in [2.24, 2.45) is 0 Å². The van der Waals surface area contributed by atoms with Gasteiger partial charge in [-0.3, -0.25) is 4.79 Å². The second kappa shape index (κ2) is 3.83. The minimum absolute atomic E-state index is 0. The van der Waals surface area contributed by atoms with E-state index in [-0.39, 0.29) is 25.5 Å². The van der Waals surface area contributed by atoms with Gasteiger partial charge in [0.25, 0.3) is 0 Å². The minimum atomic E-state index is -0.413. The molecule has 1 rings (SSSR count). The van der Waals surface area contributed by atoms with Crippen molar-refractivity contribution in [3.05, 3.63) is 5.32 Å². The number of rotatable bonds is 0. The Balaban J connectivity index is 0.000000640. The predicted molar refractivity (Wildman–Crippen MR) is 28.8 cm³/mol. The maximum Gasteiger partial charge on any atom is 2.00 e. The Kier molecular flexibility index (Phi) is 3.79. The molecule has 0 aliphatic carbocycles. The monoisotopic (exact) mass is 216 g/mol. The molecule has 52 valence electrons. The molecule has 1 aliphatic rings. The Morgan fingerprint density at radius 3 is 2.78 bits per heavy atom. The van der Waals surface area contributed by atoms with E-state index in [2.05, 4.69) is 10.1 Å². The molecule has 0 saturated carbocycles. The zero-order valence-electron chi connectivity index (χ0n) is 5.11. The van der Waals surface area contributed by atoms with Crippen LogP contribution in [0.1, 0.15) is 13.3 Å². The fourth-order valence-corrected chi connectivity index (χ4v) is 0.599. The van der Waals surface area contributed by atoms with Gasteiger partial charge in [-0.1, -0.05) is 6.92 Å². The number of nitrogens with zero attached hydrogens (tertiary/aromatic N) is 1. The third-order valence-corrected chi connectivity index (χ3v) is 1.09. The van der Waals surface area contributed by atoms with Gasteiger partial charge in [-0.25, -0.2) is 0 Å². The van der Waals surface area contributed by atoms with E-state index < -0.39 is 6.09 Å². The maximum atomic E-state index is 10.3. The van der Waals surface area contributed by atoms with Gasteiger partial charge < -0.3 is 10.1 Å². The molecule has 3 nitrogen and oxygen atoms in total. The van der Waals surface area contributed by atoms with E-state index in [1.165, 1.54) is 0 Å². The first-order valence-electron chi connectivity index (χ1n) is 2.66. The van der Waals surface area contributed by atoms with Crippen LogP contribution >= 0.6 is 0 Å². The van der Waals surface area contributed by atoms with Crippen molar-refractivity contribution in [3.8, 4) is 0 Å². The molecule has 1 atom stereocenters. The first-order valence-corrected chi connectivity index (χ1v) is 2.66. The van der Waals surface area contributed by atoms with E-state index in [1.807, 2.05) is 6.92 Å². The molecule has 9 heavy (non-hydrogen) atoms. The van der Waals surface area contributed by atoms with Crippen molar-refractivity contribution in [3.63, 3.8) is 0 Å². The van der Waals surface area contributed by atoms with Gasteiger partial charge in [-0.2, -0.15) is 0 Å². The topological polar surface area (TPSA) is 40.4 Å². The largest absolute Gasteiger partial charge is 2.00 e. The molecule has 1 unspecified atom stereocenters. The smallest absolute Gasteiger partial charge is 0.615 e. The van der Waals surface area contributed by atoms with Gasteiger partial charge in [0.15, 0.2) is 0 Å². The average Bonchev–Trinajstić information content (AvgIpc) is 1.64. The van der Waals surface area contributed by atoms with Crippen molar-refractivity contribution >= 4 is 6.09 Å². The van der Waals surface area contributed by atoms with E-state index in [4.69, 9.17) is 0 Å². The second-order valence-corrected chi connectivity index (χ2v) is 1.88. The Bertz CT molecular complexity index is 107. The molecule has 0 aromatic heterocycles. The van der Waals surface area contributed by atoms with E-state index >= 15 is 0 Å². The maximum absolute atomic E-state index is 10.3. The molecule has 1 saturated heterocycles. The van der Waals surface area contributed by atoms with Gasteiger partial charge in [-0.15, -0.1) is 6.04 Å². The number of hydrogen-bond acceptors (Lipinski definition) is 2. The van der Waals surface area contributed by atoms with Crippen molar-refractivity contribution in [2.45, 2.75) is 19.4 Å². The van der Waals surface area contributed by atoms with Crippen LogP contribution in [0.25, 0.3) is 5.32 Å². The third-order valence-electron chi connectivity index (χ3n) is 1.09. The number of carbonyl (C=O) groups is 1. The quantitative estimate of drug-likeness (QED) is 0.571. The molecule has 1 fully saturated rings. The van der Waals surface area contributed by atoms with Crippen LogP contribution in [0.5, 0.6) is 0 Å². The van der Waals surface area contributed by atoms with Gasteiger partial charge in [0.1, 0.15) is 0 Å². The fraction of sp³-hybridized carbons (Fsp3) is 0.800. The summed E-state index contributed by atoms with van der Waals surface area (Å²) in [7, 11) is 0. The molecule has 0 aromatic carbocycles. The SMILES string of the molecule is CC1CCOC(=O)[N-]1.[Ru+2]. The van der Waals surface area contributed by atoms with Gasteiger partial charge in [0.2, 0.25) is 6.09 Å². The van der Waals surface area contributed by atoms with Crippen LogP contribution in [-0.4, -0.2) is 18.7 Å². The third kappa shape index (κ3) is 2.80. The van der Waals surface area contributed by atoms with Crippen LogP contribution in [0.15, 0.2) is 0 Å². The second-order valence-electron chi connectivity index (χ2n) is 1.88. The minimum Gasteiger partial charge on any atom is -0.615 e. The zero-order chi connectivity index (χ0) is 5.98. The summed E-state index contributed by atoms with van der Waals surface area (Å²) in [6.07, 6.45) is 0.454. The first-order chi connectivity index (χ1) is 3.79. The molecule has 1 aliphatic heterocycles. The summed E-state index contributed by atoms with van der Waals surface area (Å²) in [5.74, 6) is 0. The van der Waals surface area contributed by atoms with Crippen LogP contribution in [-0.2, 0) is 24.2 Å². The predicted octanol–water partition coefficient (Wildman–Crippen LogP) is 1.29. The van der Waals surface area contributed by atoms with Crippen LogP contribution in [0, 0.1) is 0 Å². The fourth-order valence-electron chi connectivity index (χ4n) is 0.599. The van der Waals surface area contributed by atoms with Gasteiger partial charge >= 0.3 is 19.5 Å². The van der Waals surface area contributed by atoms with Crippen LogP contribution < -0.4 is 0 Å². The molecule has 0 aromatic rings. The number of cyclic esters (lactones) is 1. The number of ether oxygens (including phenoxy) is 1. The summed E-state index contributed by atoms with van der Waals surface area (Å²) in [5.41, 5.74) is 0. The summed E-state index contributed by atoms with van der Waals surface area (Å²) in [4.78, 5) is 10.3. The number of hydrogen-bond donors (Lipinski definition) is 0. The Labute approximate surface area is 66.9 Å². The van der Waals surface area contributed by atoms with Crippen LogP contribution in [0.2, 0.25) is 0 Å². The van der Waals surface area contributed by atoms with E-state index in [1.54, 1.807) is 0 Å². The van der Waals surface area contributed by atoms with Crippen molar-refractivity contribution < 1.29 is 29.0 Å². The molecule has 0 radical (unpaired) electrons. The summed E-state index contributed by atoms with van der Waals surface area (Å²) < 4.78 is 4.54. The van der Waals surface area contributed by atoms with E-state index in [0.717, 1.165) is 6.42 Å². The van der Waals surface area contributed by atoms with Gasteiger partial charge in [-0.05, 0) is 6.42 Å². The number of carbonyl (C=O) groups excluding carboxylic acids is 1. The number of amides is 1. The van der Waals surface area contributed by atoms with Gasteiger partial charge in [0, 0.05) is 0 Å². The van der Waals surface area contributed by atoms with Crippen molar-refractivity contribution in [1.82, 2.24) is 0 Å². The molecular formula is C5H8NO2Ru+. The normalized spacial score (nSPS) is 25.4. The molecule has 0 spiro atoms. The Morgan fingerprint density at radius 1 is 1.78 bits per heavy atom. The molecule has 0 bridgehead atoms. The van der Waals surface area contributed by atoms with E-state index in [9.17, 15) is 4.79 Å². The molecule has 1 heterocycles. The Hall–Kier alpha value is -0.107. The summed E-state index contributed by atoms with van der Waals surface area (Å²) >= 11 is 0. The van der Waals surface area contributed by atoms with Crippen LogP contribution in [0.3, 0.4) is 0 Å². The molecule has 1 amide bonds.